The van der Waals surface area contributed by atoms with E-state index >= 15 is 0 Å². The average molecular weight is 371 g/mol. The normalized spacial score (nSPS) is 10.4. The van der Waals surface area contributed by atoms with Gasteiger partial charge < -0.3 is 10.5 Å². The molecule has 0 unspecified atom stereocenters. The maximum absolute atomic E-state index is 5.74. The van der Waals surface area contributed by atoms with Crippen LogP contribution in [-0.2, 0) is 13.2 Å². The Hall–Kier alpha value is -0.840. The van der Waals surface area contributed by atoms with E-state index in [1.807, 2.05) is 42.5 Å². The third-order valence-electron chi connectivity index (χ3n) is 2.54. The van der Waals surface area contributed by atoms with Crippen molar-refractivity contribution in [2.45, 2.75) is 13.2 Å². The fraction of sp³-hybridized carbons (Fsp3) is 0.143. The van der Waals surface area contributed by atoms with Crippen molar-refractivity contribution in [2.24, 2.45) is 5.73 Å². The number of nitrogens with two attached hydrogens (primary N) is 1. The van der Waals surface area contributed by atoms with Gasteiger partial charge in [-0.1, -0.05) is 50.1 Å². The Morgan fingerprint density at radius 2 is 1.89 bits per heavy atom. The summed E-state index contributed by atoms with van der Waals surface area (Å²) in [6.45, 7) is 1.07. The summed E-state index contributed by atoms with van der Waals surface area (Å²) in [6.07, 6.45) is 0. The van der Waals surface area contributed by atoms with Crippen LogP contribution in [-0.4, -0.2) is 0 Å². The number of hydrogen-bond acceptors (Lipinski definition) is 2. The smallest absolute Gasteiger partial charge is 0.120 e. The molecule has 0 aliphatic heterocycles. The van der Waals surface area contributed by atoms with E-state index in [0.717, 1.165) is 25.8 Å². The van der Waals surface area contributed by atoms with Crippen LogP contribution in [0.3, 0.4) is 0 Å². The summed E-state index contributed by atoms with van der Waals surface area (Å²) in [6, 6.07) is 13.9. The fourth-order valence-corrected chi connectivity index (χ4v) is 2.54. The Morgan fingerprint density at radius 1 is 1.06 bits per heavy atom. The number of benzene rings is 2. The largest absolute Gasteiger partial charge is 0.489 e. The van der Waals surface area contributed by atoms with E-state index in [-0.39, 0.29) is 0 Å². The second-order valence-electron chi connectivity index (χ2n) is 3.88. The van der Waals surface area contributed by atoms with Crippen molar-refractivity contribution >= 4 is 31.9 Å². The highest BCUT2D eigenvalue weighted by molar-refractivity contribution is 9.10. The van der Waals surface area contributed by atoms with Crippen molar-refractivity contribution in [2.75, 3.05) is 0 Å². The monoisotopic (exact) mass is 369 g/mol. The second-order valence-corrected chi connectivity index (χ2v) is 5.65. The van der Waals surface area contributed by atoms with Gasteiger partial charge in [0.2, 0.25) is 0 Å². The van der Waals surface area contributed by atoms with Crippen LogP contribution in [0.1, 0.15) is 11.1 Å². The van der Waals surface area contributed by atoms with Crippen LogP contribution in [0.25, 0.3) is 0 Å². The predicted octanol–water partition coefficient (Wildman–Crippen LogP) is 4.25. The molecule has 94 valence electrons. The van der Waals surface area contributed by atoms with E-state index in [1.54, 1.807) is 0 Å². The first kappa shape index (κ1) is 13.6. The molecule has 0 fully saturated rings. The van der Waals surface area contributed by atoms with E-state index in [4.69, 9.17) is 10.5 Å². The van der Waals surface area contributed by atoms with Gasteiger partial charge >= 0.3 is 0 Å². The predicted molar refractivity (Wildman–Crippen MR) is 80.5 cm³/mol. The van der Waals surface area contributed by atoms with E-state index in [1.165, 1.54) is 0 Å². The minimum atomic E-state index is 0.520. The van der Waals surface area contributed by atoms with Crippen LogP contribution < -0.4 is 10.5 Å². The summed E-state index contributed by atoms with van der Waals surface area (Å²) >= 11 is 6.92. The van der Waals surface area contributed by atoms with E-state index < -0.39 is 0 Å². The zero-order chi connectivity index (χ0) is 13.0. The molecular weight excluding hydrogens is 358 g/mol. The second kappa shape index (κ2) is 6.36. The summed E-state index contributed by atoms with van der Waals surface area (Å²) in [5.74, 6) is 0.832. The van der Waals surface area contributed by atoms with Crippen molar-refractivity contribution in [3.8, 4) is 5.75 Å². The molecule has 2 aromatic rings. The molecule has 2 nitrogen and oxygen atoms in total. The van der Waals surface area contributed by atoms with Crippen molar-refractivity contribution in [3.05, 3.63) is 62.5 Å². The van der Waals surface area contributed by atoms with Crippen LogP contribution >= 0.6 is 31.9 Å². The van der Waals surface area contributed by atoms with Gasteiger partial charge in [-0.3, -0.25) is 0 Å². The van der Waals surface area contributed by atoms with Gasteiger partial charge in [-0.2, -0.15) is 0 Å². The first-order valence-corrected chi connectivity index (χ1v) is 7.13. The lowest BCUT2D eigenvalue weighted by Crippen LogP contribution is -1.99. The molecule has 0 aliphatic rings. The van der Waals surface area contributed by atoms with Gasteiger partial charge in [0.1, 0.15) is 12.4 Å². The summed E-state index contributed by atoms with van der Waals surface area (Å²) in [4.78, 5) is 0. The Labute approximate surface area is 123 Å². The lowest BCUT2D eigenvalue weighted by atomic mass is 10.2. The molecular formula is C14H13Br2NO. The summed E-state index contributed by atoms with van der Waals surface area (Å²) in [5, 5.41) is 0. The molecule has 2 rings (SSSR count). The van der Waals surface area contributed by atoms with Gasteiger partial charge in [0.15, 0.2) is 0 Å². The zero-order valence-corrected chi connectivity index (χ0v) is 12.9. The highest BCUT2D eigenvalue weighted by Crippen LogP contribution is 2.23. The summed E-state index contributed by atoms with van der Waals surface area (Å²) in [7, 11) is 0. The van der Waals surface area contributed by atoms with Gasteiger partial charge in [-0.05, 0) is 35.4 Å². The minimum absolute atomic E-state index is 0.520. The van der Waals surface area contributed by atoms with E-state index in [9.17, 15) is 0 Å². The standard InChI is InChI=1S/C14H13Br2NO/c15-12-3-1-2-10(6-12)9-18-13-5-4-11(8-17)14(16)7-13/h1-7H,8-9,17H2. The fourth-order valence-electron chi connectivity index (χ4n) is 1.58. The highest BCUT2D eigenvalue weighted by atomic mass is 79.9. The Bertz CT molecular complexity index is 543. The molecule has 0 aliphatic carbocycles. The highest BCUT2D eigenvalue weighted by Gasteiger charge is 2.01. The zero-order valence-electron chi connectivity index (χ0n) is 9.70. The molecule has 2 aromatic carbocycles. The molecule has 0 spiro atoms. The van der Waals surface area contributed by atoms with E-state index in [2.05, 4.69) is 31.9 Å². The minimum Gasteiger partial charge on any atom is -0.489 e. The molecule has 0 saturated heterocycles. The van der Waals surface area contributed by atoms with Gasteiger partial charge in [-0.25, -0.2) is 0 Å². The van der Waals surface area contributed by atoms with Crippen molar-refractivity contribution in [1.29, 1.82) is 0 Å². The third-order valence-corrected chi connectivity index (χ3v) is 3.77. The number of rotatable bonds is 4. The number of hydrogen-bond donors (Lipinski definition) is 1. The van der Waals surface area contributed by atoms with Gasteiger partial charge in [0, 0.05) is 15.5 Å². The summed E-state index contributed by atoms with van der Waals surface area (Å²) in [5.41, 5.74) is 7.81. The number of ether oxygens (including phenoxy) is 1. The third kappa shape index (κ3) is 3.57. The lowest BCUT2D eigenvalue weighted by molar-refractivity contribution is 0.306. The topological polar surface area (TPSA) is 35.2 Å². The molecule has 0 radical (unpaired) electrons. The van der Waals surface area contributed by atoms with Crippen LogP contribution in [0.4, 0.5) is 0 Å². The van der Waals surface area contributed by atoms with Crippen LogP contribution in [0.2, 0.25) is 0 Å². The van der Waals surface area contributed by atoms with Crippen molar-refractivity contribution < 1.29 is 4.74 Å². The van der Waals surface area contributed by atoms with Crippen LogP contribution in [0, 0.1) is 0 Å². The molecule has 18 heavy (non-hydrogen) atoms. The lowest BCUT2D eigenvalue weighted by Gasteiger charge is -2.08. The molecule has 2 N–H and O–H groups in total. The molecule has 0 saturated carbocycles. The van der Waals surface area contributed by atoms with Crippen molar-refractivity contribution in [3.63, 3.8) is 0 Å². The first-order valence-electron chi connectivity index (χ1n) is 5.55. The molecule has 0 amide bonds. The van der Waals surface area contributed by atoms with Gasteiger partial charge in [0.25, 0.3) is 0 Å². The molecule has 0 bridgehead atoms. The molecule has 4 heteroatoms. The van der Waals surface area contributed by atoms with Gasteiger partial charge in [-0.15, -0.1) is 0 Å². The van der Waals surface area contributed by atoms with Gasteiger partial charge in [0.05, 0.1) is 0 Å². The van der Waals surface area contributed by atoms with Crippen LogP contribution in [0.15, 0.2) is 51.4 Å². The Balaban J connectivity index is 2.04. The van der Waals surface area contributed by atoms with Crippen molar-refractivity contribution in [1.82, 2.24) is 0 Å². The summed E-state index contributed by atoms with van der Waals surface area (Å²) < 4.78 is 7.78. The maximum Gasteiger partial charge on any atom is 0.120 e. The average Bonchev–Trinajstić information content (AvgIpc) is 2.37. The Kier molecular flexibility index (Phi) is 4.80. The maximum atomic E-state index is 5.74. The molecule has 0 atom stereocenters. The Morgan fingerprint density at radius 3 is 2.56 bits per heavy atom. The molecule has 0 heterocycles. The van der Waals surface area contributed by atoms with E-state index in [0.29, 0.717) is 13.2 Å². The quantitative estimate of drug-likeness (QED) is 0.873. The molecule has 0 aromatic heterocycles. The SMILES string of the molecule is NCc1ccc(OCc2cccc(Br)c2)cc1Br. The van der Waals surface area contributed by atoms with Crippen LogP contribution in [0.5, 0.6) is 5.75 Å². The first-order chi connectivity index (χ1) is 8.69. The number of halogens is 2.